The second-order valence-corrected chi connectivity index (χ2v) is 6.38. The van der Waals surface area contributed by atoms with Gasteiger partial charge in [0.25, 0.3) is 0 Å². The Morgan fingerprint density at radius 1 is 0.857 bits per heavy atom. The number of unbranched alkanes of at least 4 members (excludes halogenated alkanes) is 8. The van der Waals surface area contributed by atoms with Crippen molar-refractivity contribution < 1.29 is 14.8 Å². The number of likely N-dealkylation sites (tertiary alicyclic amines) is 1. The molecule has 0 atom stereocenters. The molecule has 0 spiro atoms. The van der Waals surface area contributed by atoms with Crippen LogP contribution in [0.25, 0.3) is 0 Å². The minimum Gasteiger partial charge on any atom is -0.550 e. The van der Waals surface area contributed by atoms with Gasteiger partial charge in [0.2, 0.25) is 0 Å². The van der Waals surface area contributed by atoms with E-state index in [9.17, 15) is 0 Å². The molecule has 0 aliphatic carbocycles. The molecule has 1 rings (SSSR count). The fourth-order valence-electron chi connectivity index (χ4n) is 2.99. The highest BCUT2D eigenvalue weighted by Gasteiger charge is 2.11. The smallest absolute Gasteiger partial charge is 0.0770 e. The van der Waals surface area contributed by atoms with Crippen molar-refractivity contribution in [3.8, 4) is 0 Å². The third kappa shape index (κ3) is 17.4. The molecule has 3 nitrogen and oxygen atoms in total. The number of quaternary nitrogens is 1. The molecule has 0 aromatic heterocycles. The van der Waals surface area contributed by atoms with E-state index in [0.717, 1.165) is 6.92 Å². The Bertz CT molecular complexity index is 221. The van der Waals surface area contributed by atoms with Crippen LogP contribution in [0.15, 0.2) is 0 Å². The zero-order valence-electron chi connectivity index (χ0n) is 14.4. The molecule has 1 heterocycles. The van der Waals surface area contributed by atoms with E-state index < -0.39 is 5.97 Å². The Labute approximate surface area is 132 Å². The molecule has 21 heavy (non-hydrogen) atoms. The van der Waals surface area contributed by atoms with E-state index in [2.05, 4.69) is 6.92 Å². The molecule has 0 amide bonds. The second-order valence-electron chi connectivity index (χ2n) is 6.38. The van der Waals surface area contributed by atoms with Gasteiger partial charge in [-0.3, -0.25) is 0 Å². The Balaban J connectivity index is 0.000000885. The fourth-order valence-corrected chi connectivity index (χ4v) is 2.99. The standard InChI is InChI=1S/C16H33N.C2H4O2/c1-2-3-4-5-6-7-8-9-11-14-17-15-12-10-13-16-17;1-2(3)4/h2-16H2,1H3;1H3,(H,3,4). The van der Waals surface area contributed by atoms with Gasteiger partial charge < -0.3 is 14.8 Å². The van der Waals surface area contributed by atoms with Crippen LogP contribution >= 0.6 is 0 Å². The molecule has 0 bridgehead atoms. The summed E-state index contributed by atoms with van der Waals surface area (Å²) < 4.78 is 0. The third-order valence-corrected chi connectivity index (χ3v) is 4.19. The molecule has 1 fully saturated rings. The molecule has 3 heteroatoms. The SMILES string of the molecule is CC(=O)[O-].CCCCCCCCCCC[NH+]1CCCCC1. The first-order chi connectivity index (χ1) is 10.2. The molecular formula is C18H37NO2. The Morgan fingerprint density at radius 3 is 1.76 bits per heavy atom. The van der Waals surface area contributed by atoms with Gasteiger partial charge >= 0.3 is 0 Å². The normalized spacial score (nSPS) is 15.3. The number of piperidine rings is 1. The summed E-state index contributed by atoms with van der Waals surface area (Å²) in [5.74, 6) is -1.08. The van der Waals surface area contributed by atoms with Gasteiger partial charge in [-0.05, 0) is 39.0 Å². The van der Waals surface area contributed by atoms with E-state index in [1.165, 1.54) is 96.7 Å². The molecule has 0 saturated carbocycles. The number of hydrogen-bond acceptors (Lipinski definition) is 2. The van der Waals surface area contributed by atoms with E-state index in [1.807, 2.05) is 4.90 Å². The number of rotatable bonds is 10. The number of carboxylic acids is 1. The molecule has 0 unspecified atom stereocenters. The monoisotopic (exact) mass is 299 g/mol. The van der Waals surface area contributed by atoms with Gasteiger partial charge in [0.1, 0.15) is 0 Å². The number of carbonyl (C=O) groups excluding carboxylic acids is 1. The molecule has 1 saturated heterocycles. The van der Waals surface area contributed by atoms with Crippen molar-refractivity contribution in [2.45, 2.75) is 90.9 Å². The van der Waals surface area contributed by atoms with Crippen LogP contribution in [0.2, 0.25) is 0 Å². The molecular weight excluding hydrogens is 262 g/mol. The summed E-state index contributed by atoms with van der Waals surface area (Å²) in [7, 11) is 0. The summed E-state index contributed by atoms with van der Waals surface area (Å²) in [6, 6.07) is 0. The zero-order chi connectivity index (χ0) is 15.8. The first kappa shape index (κ1) is 20.4. The van der Waals surface area contributed by atoms with Crippen molar-refractivity contribution in [1.29, 1.82) is 0 Å². The lowest BCUT2D eigenvalue weighted by molar-refractivity contribution is -0.905. The lowest BCUT2D eigenvalue weighted by Crippen LogP contribution is -3.12. The van der Waals surface area contributed by atoms with Gasteiger partial charge in [-0.15, -0.1) is 0 Å². The van der Waals surface area contributed by atoms with E-state index in [-0.39, 0.29) is 0 Å². The molecule has 1 aliphatic heterocycles. The Hall–Kier alpha value is -0.570. The van der Waals surface area contributed by atoms with E-state index in [1.54, 1.807) is 0 Å². The van der Waals surface area contributed by atoms with Crippen LogP contribution in [-0.2, 0) is 4.79 Å². The van der Waals surface area contributed by atoms with Crippen molar-refractivity contribution in [2.75, 3.05) is 19.6 Å². The van der Waals surface area contributed by atoms with E-state index >= 15 is 0 Å². The summed E-state index contributed by atoms with van der Waals surface area (Å²) in [6.45, 7) is 7.63. The molecule has 126 valence electrons. The molecule has 0 aromatic carbocycles. The first-order valence-electron chi connectivity index (χ1n) is 9.18. The predicted molar refractivity (Wildman–Crippen MR) is 87.3 cm³/mol. The zero-order valence-corrected chi connectivity index (χ0v) is 14.4. The van der Waals surface area contributed by atoms with Crippen molar-refractivity contribution >= 4 is 5.97 Å². The molecule has 0 radical (unpaired) electrons. The summed E-state index contributed by atoms with van der Waals surface area (Å²) in [4.78, 5) is 10.8. The van der Waals surface area contributed by atoms with Crippen LogP contribution < -0.4 is 10.0 Å². The highest BCUT2D eigenvalue weighted by molar-refractivity contribution is 5.60. The average molecular weight is 299 g/mol. The highest BCUT2D eigenvalue weighted by Crippen LogP contribution is 2.09. The predicted octanol–water partition coefficient (Wildman–Crippen LogP) is 2.34. The quantitative estimate of drug-likeness (QED) is 0.629. The van der Waals surface area contributed by atoms with Gasteiger partial charge in [0.15, 0.2) is 0 Å². The van der Waals surface area contributed by atoms with Gasteiger partial charge in [-0.2, -0.15) is 0 Å². The minimum absolute atomic E-state index is 0.972. The maximum atomic E-state index is 8.89. The van der Waals surface area contributed by atoms with Gasteiger partial charge in [0, 0.05) is 5.97 Å². The van der Waals surface area contributed by atoms with Crippen LogP contribution in [0.4, 0.5) is 0 Å². The Morgan fingerprint density at radius 2 is 1.29 bits per heavy atom. The molecule has 0 aromatic rings. The van der Waals surface area contributed by atoms with Crippen molar-refractivity contribution in [3.63, 3.8) is 0 Å². The summed E-state index contributed by atoms with van der Waals surface area (Å²) in [5.41, 5.74) is 0. The molecule has 1 aliphatic rings. The van der Waals surface area contributed by atoms with Crippen LogP contribution in [0.5, 0.6) is 0 Å². The Kier molecular flexibility index (Phi) is 15.4. The maximum absolute atomic E-state index is 8.89. The average Bonchev–Trinajstić information content (AvgIpc) is 2.46. The lowest BCUT2D eigenvalue weighted by Gasteiger charge is -2.23. The number of carbonyl (C=O) groups is 1. The fraction of sp³-hybridized carbons (Fsp3) is 0.944. The van der Waals surface area contributed by atoms with Crippen LogP contribution in [0.3, 0.4) is 0 Å². The van der Waals surface area contributed by atoms with Gasteiger partial charge in [-0.1, -0.05) is 51.9 Å². The lowest BCUT2D eigenvalue weighted by atomic mass is 10.1. The number of hydrogen-bond donors (Lipinski definition) is 1. The molecule has 1 N–H and O–H groups in total. The number of nitrogens with one attached hydrogen (secondary N) is 1. The van der Waals surface area contributed by atoms with Crippen LogP contribution in [-0.4, -0.2) is 25.6 Å². The number of aliphatic carboxylic acids is 1. The minimum atomic E-state index is -1.08. The van der Waals surface area contributed by atoms with Crippen LogP contribution in [0, 0.1) is 0 Å². The third-order valence-electron chi connectivity index (χ3n) is 4.19. The van der Waals surface area contributed by atoms with E-state index in [4.69, 9.17) is 9.90 Å². The number of carboxylic acid groups (broad SMARTS) is 1. The maximum Gasteiger partial charge on any atom is 0.0770 e. The summed E-state index contributed by atoms with van der Waals surface area (Å²) in [6.07, 6.45) is 17.6. The van der Waals surface area contributed by atoms with Gasteiger partial charge in [-0.25, -0.2) is 0 Å². The second kappa shape index (κ2) is 15.8. The van der Waals surface area contributed by atoms with Crippen molar-refractivity contribution in [2.24, 2.45) is 0 Å². The topological polar surface area (TPSA) is 44.6 Å². The van der Waals surface area contributed by atoms with Crippen molar-refractivity contribution in [1.82, 2.24) is 0 Å². The van der Waals surface area contributed by atoms with Crippen LogP contribution in [0.1, 0.15) is 90.9 Å². The summed E-state index contributed by atoms with van der Waals surface area (Å²) >= 11 is 0. The largest absolute Gasteiger partial charge is 0.550 e. The highest BCUT2D eigenvalue weighted by atomic mass is 16.4. The van der Waals surface area contributed by atoms with E-state index in [0.29, 0.717) is 0 Å². The van der Waals surface area contributed by atoms with Crippen molar-refractivity contribution in [3.05, 3.63) is 0 Å². The van der Waals surface area contributed by atoms with Gasteiger partial charge in [0.05, 0.1) is 19.6 Å². The summed E-state index contributed by atoms with van der Waals surface area (Å²) in [5, 5.41) is 8.89. The first-order valence-corrected chi connectivity index (χ1v) is 9.18.